The predicted molar refractivity (Wildman–Crippen MR) is 107 cm³/mol. The molecule has 1 atom stereocenters. The predicted octanol–water partition coefficient (Wildman–Crippen LogP) is 3.98. The minimum absolute atomic E-state index is 0.144. The summed E-state index contributed by atoms with van der Waals surface area (Å²) in [5, 5.41) is 6.27. The minimum atomic E-state index is 0.144. The van der Waals surface area contributed by atoms with Crippen molar-refractivity contribution in [3.8, 4) is 10.6 Å². The lowest BCUT2D eigenvalue weighted by Gasteiger charge is -2.27. The van der Waals surface area contributed by atoms with E-state index in [2.05, 4.69) is 65.8 Å². The van der Waals surface area contributed by atoms with Crippen LogP contribution in [-0.2, 0) is 11.3 Å². The molecule has 3 heterocycles. The van der Waals surface area contributed by atoms with E-state index >= 15 is 0 Å². The number of rotatable bonds is 3. The Morgan fingerprint density at radius 3 is 3.00 bits per heavy atom. The lowest BCUT2D eigenvalue weighted by molar-refractivity contribution is -0.120. The Hall–Kier alpha value is -2.24. The van der Waals surface area contributed by atoms with E-state index in [1.807, 2.05) is 0 Å². The zero-order chi connectivity index (χ0) is 18.1. The van der Waals surface area contributed by atoms with Crippen LogP contribution in [0.3, 0.4) is 0 Å². The van der Waals surface area contributed by atoms with Gasteiger partial charge in [0.2, 0.25) is 5.91 Å². The van der Waals surface area contributed by atoms with Gasteiger partial charge in [-0.3, -0.25) is 9.69 Å². The maximum absolute atomic E-state index is 11.7. The Balaban J connectivity index is 1.77. The fourth-order valence-corrected chi connectivity index (χ4v) is 4.29. The molecule has 4 rings (SSSR count). The van der Waals surface area contributed by atoms with Crippen molar-refractivity contribution in [2.75, 3.05) is 13.1 Å². The molecule has 134 valence electrons. The average Bonchev–Trinajstić information content (AvgIpc) is 3.12. The molecule has 0 saturated carbocycles. The highest BCUT2D eigenvalue weighted by Gasteiger charge is 2.22. The molecule has 0 aliphatic carbocycles. The summed E-state index contributed by atoms with van der Waals surface area (Å²) in [5.74, 6) is 0.144. The zero-order valence-electron chi connectivity index (χ0n) is 15.2. The molecule has 2 aromatic heterocycles. The van der Waals surface area contributed by atoms with Gasteiger partial charge in [0.05, 0.1) is 16.1 Å². The zero-order valence-corrected chi connectivity index (χ0v) is 16.0. The van der Waals surface area contributed by atoms with E-state index in [4.69, 9.17) is 4.98 Å². The first kappa shape index (κ1) is 17.2. The van der Waals surface area contributed by atoms with Crippen LogP contribution in [0.25, 0.3) is 21.5 Å². The second-order valence-corrected chi connectivity index (χ2v) is 7.94. The van der Waals surface area contributed by atoms with Gasteiger partial charge in [-0.05, 0) is 42.5 Å². The lowest BCUT2D eigenvalue weighted by Crippen LogP contribution is -2.37. The Labute approximate surface area is 157 Å². The first-order chi connectivity index (χ1) is 12.6. The third-order valence-electron chi connectivity index (χ3n) is 5.10. The Morgan fingerprint density at radius 1 is 1.31 bits per heavy atom. The monoisotopic (exact) mass is 365 g/mol. The quantitative estimate of drug-likeness (QED) is 0.763. The topological polar surface area (TPSA) is 45.2 Å². The summed E-state index contributed by atoms with van der Waals surface area (Å²) < 4.78 is 0. The number of aromatic nitrogens is 1. The molecule has 5 heteroatoms. The van der Waals surface area contributed by atoms with E-state index in [1.54, 1.807) is 11.3 Å². The molecule has 3 aromatic rings. The van der Waals surface area contributed by atoms with Gasteiger partial charge >= 0.3 is 0 Å². The molecule has 26 heavy (non-hydrogen) atoms. The van der Waals surface area contributed by atoms with E-state index < -0.39 is 0 Å². The summed E-state index contributed by atoms with van der Waals surface area (Å²) in [4.78, 5) is 20.4. The average molecular weight is 366 g/mol. The standard InChI is InChI=1S/C21H23N3OS/c1-14-5-3-6-16-11-17(13-24-9-8-19(25)22-12-15(24)2)21(23-20(14)16)18-7-4-10-26-18/h3-7,10-11,15H,8-9,12-13H2,1-2H3,(H,22,25)/t15-/m1/s1. The maximum atomic E-state index is 11.7. The molecule has 0 radical (unpaired) electrons. The normalized spacial score (nSPS) is 18.7. The summed E-state index contributed by atoms with van der Waals surface area (Å²) >= 11 is 1.72. The summed E-state index contributed by atoms with van der Waals surface area (Å²) in [7, 11) is 0. The number of amides is 1. The van der Waals surface area contributed by atoms with Crippen LogP contribution in [0.4, 0.5) is 0 Å². The van der Waals surface area contributed by atoms with Gasteiger partial charge in [0.15, 0.2) is 0 Å². The number of hydrogen-bond donors (Lipinski definition) is 1. The minimum Gasteiger partial charge on any atom is -0.355 e. The fourth-order valence-electron chi connectivity index (χ4n) is 3.54. The van der Waals surface area contributed by atoms with Crippen molar-refractivity contribution in [3.05, 3.63) is 52.9 Å². The van der Waals surface area contributed by atoms with Crippen molar-refractivity contribution in [1.82, 2.24) is 15.2 Å². The number of fused-ring (bicyclic) bond motifs is 1. The molecule has 4 nitrogen and oxygen atoms in total. The number of para-hydroxylation sites is 1. The molecule has 1 aromatic carbocycles. The summed E-state index contributed by atoms with van der Waals surface area (Å²) in [6, 6.07) is 13.1. The number of benzene rings is 1. The van der Waals surface area contributed by atoms with Crippen LogP contribution in [0.2, 0.25) is 0 Å². The van der Waals surface area contributed by atoms with Crippen LogP contribution < -0.4 is 5.32 Å². The van der Waals surface area contributed by atoms with Gasteiger partial charge in [0, 0.05) is 37.5 Å². The number of carbonyl (C=O) groups is 1. The molecule has 0 bridgehead atoms. The summed E-state index contributed by atoms with van der Waals surface area (Å²) in [5.41, 5.74) is 4.56. The maximum Gasteiger partial charge on any atom is 0.221 e. The van der Waals surface area contributed by atoms with Crippen LogP contribution in [-0.4, -0.2) is 34.9 Å². The highest BCUT2D eigenvalue weighted by Crippen LogP contribution is 2.31. The third-order valence-corrected chi connectivity index (χ3v) is 5.98. The van der Waals surface area contributed by atoms with Crippen molar-refractivity contribution in [2.45, 2.75) is 32.9 Å². The van der Waals surface area contributed by atoms with Gasteiger partial charge in [-0.25, -0.2) is 4.98 Å². The van der Waals surface area contributed by atoms with E-state index in [-0.39, 0.29) is 5.91 Å². The molecule has 1 saturated heterocycles. The van der Waals surface area contributed by atoms with Gasteiger partial charge in [0.25, 0.3) is 0 Å². The highest BCUT2D eigenvalue weighted by molar-refractivity contribution is 7.13. The summed E-state index contributed by atoms with van der Waals surface area (Å²) in [6.45, 7) is 6.58. The van der Waals surface area contributed by atoms with Crippen molar-refractivity contribution in [1.29, 1.82) is 0 Å². The summed E-state index contributed by atoms with van der Waals surface area (Å²) in [6.07, 6.45) is 0.554. The van der Waals surface area contributed by atoms with Gasteiger partial charge in [-0.2, -0.15) is 0 Å². The number of pyridine rings is 1. The van der Waals surface area contributed by atoms with Crippen molar-refractivity contribution in [2.24, 2.45) is 0 Å². The van der Waals surface area contributed by atoms with Gasteiger partial charge in [-0.15, -0.1) is 11.3 Å². The van der Waals surface area contributed by atoms with Crippen molar-refractivity contribution in [3.63, 3.8) is 0 Å². The number of hydrogen-bond acceptors (Lipinski definition) is 4. The second kappa shape index (κ2) is 7.17. The highest BCUT2D eigenvalue weighted by atomic mass is 32.1. The van der Waals surface area contributed by atoms with E-state index in [9.17, 15) is 4.79 Å². The molecular formula is C21H23N3OS. The first-order valence-electron chi connectivity index (χ1n) is 9.05. The first-order valence-corrected chi connectivity index (χ1v) is 9.93. The molecule has 1 N–H and O–H groups in total. The number of nitrogens with zero attached hydrogens (tertiary/aromatic N) is 2. The Bertz CT molecular complexity index is 936. The molecule has 1 aliphatic heterocycles. The van der Waals surface area contributed by atoms with Crippen LogP contribution in [0.15, 0.2) is 41.8 Å². The van der Waals surface area contributed by atoms with Crippen molar-refractivity contribution >= 4 is 28.1 Å². The van der Waals surface area contributed by atoms with E-state index in [0.717, 1.165) is 24.3 Å². The van der Waals surface area contributed by atoms with Gasteiger partial charge in [0.1, 0.15) is 0 Å². The second-order valence-electron chi connectivity index (χ2n) is 6.99. The smallest absolute Gasteiger partial charge is 0.221 e. The third kappa shape index (κ3) is 3.37. The molecule has 0 spiro atoms. The van der Waals surface area contributed by atoms with Gasteiger partial charge in [-0.1, -0.05) is 24.3 Å². The van der Waals surface area contributed by atoms with Crippen molar-refractivity contribution < 1.29 is 4.79 Å². The lowest BCUT2D eigenvalue weighted by atomic mass is 10.0. The van der Waals surface area contributed by atoms with E-state index in [0.29, 0.717) is 19.0 Å². The molecular weight excluding hydrogens is 342 g/mol. The molecule has 1 fully saturated rings. The van der Waals surface area contributed by atoms with E-state index in [1.165, 1.54) is 21.4 Å². The number of thiophene rings is 1. The number of aryl methyl sites for hydroxylation is 1. The molecule has 0 unspecified atom stereocenters. The van der Waals surface area contributed by atoms with Gasteiger partial charge < -0.3 is 5.32 Å². The Morgan fingerprint density at radius 2 is 2.19 bits per heavy atom. The SMILES string of the molecule is Cc1cccc2cc(CN3CCC(=O)NC[C@H]3C)c(-c3cccs3)nc12. The van der Waals surface area contributed by atoms with Crippen LogP contribution >= 0.6 is 11.3 Å². The molecule has 1 aliphatic rings. The largest absolute Gasteiger partial charge is 0.355 e. The Kier molecular flexibility index (Phi) is 4.74. The van der Waals surface area contributed by atoms with Crippen LogP contribution in [0, 0.1) is 6.92 Å². The van der Waals surface area contributed by atoms with Crippen LogP contribution in [0.1, 0.15) is 24.5 Å². The molecule has 1 amide bonds. The number of nitrogens with one attached hydrogen (secondary N) is 1. The number of carbonyl (C=O) groups excluding carboxylic acids is 1. The van der Waals surface area contributed by atoms with Crippen LogP contribution in [0.5, 0.6) is 0 Å². The fraction of sp³-hybridized carbons (Fsp3) is 0.333.